The predicted octanol–water partition coefficient (Wildman–Crippen LogP) is 3.45. The first kappa shape index (κ1) is 18.3. The van der Waals surface area contributed by atoms with Crippen molar-refractivity contribution in [2.45, 2.75) is 40.0 Å². The van der Waals surface area contributed by atoms with Gasteiger partial charge in [0.2, 0.25) is 0 Å². The third-order valence-corrected chi connectivity index (χ3v) is 4.18. The van der Waals surface area contributed by atoms with Crippen molar-refractivity contribution in [1.29, 1.82) is 0 Å². The number of ether oxygens (including phenoxy) is 1. The molecule has 2 rings (SSSR count). The third kappa shape index (κ3) is 5.53. The molecule has 1 aromatic heterocycles. The van der Waals surface area contributed by atoms with E-state index in [0.29, 0.717) is 6.54 Å². The lowest BCUT2D eigenvalue weighted by Gasteiger charge is -2.21. The largest absolute Gasteiger partial charge is 0.491 e. The van der Waals surface area contributed by atoms with Crippen molar-refractivity contribution in [3.05, 3.63) is 45.9 Å². The molecule has 2 aromatic rings. The van der Waals surface area contributed by atoms with Crippen molar-refractivity contribution in [2.24, 2.45) is 4.99 Å². The van der Waals surface area contributed by atoms with Gasteiger partial charge < -0.3 is 15.0 Å². The van der Waals surface area contributed by atoms with Crippen LogP contribution in [0.5, 0.6) is 5.75 Å². The molecule has 0 unspecified atom stereocenters. The van der Waals surface area contributed by atoms with Crippen LogP contribution in [0.3, 0.4) is 0 Å². The van der Waals surface area contributed by atoms with Gasteiger partial charge in [0.25, 0.3) is 0 Å². The van der Waals surface area contributed by atoms with Crippen LogP contribution in [-0.2, 0) is 13.1 Å². The van der Waals surface area contributed by atoms with Crippen LogP contribution < -0.4 is 10.1 Å². The Morgan fingerprint density at radius 3 is 2.83 bits per heavy atom. The number of nitrogens with one attached hydrogen (secondary N) is 1. The summed E-state index contributed by atoms with van der Waals surface area (Å²) in [5, 5.41) is 6.56. The molecule has 130 valence electrons. The molecule has 0 saturated carbocycles. The van der Waals surface area contributed by atoms with E-state index >= 15 is 0 Å². The highest BCUT2D eigenvalue weighted by Crippen LogP contribution is 2.15. The minimum Gasteiger partial charge on any atom is -0.491 e. The van der Waals surface area contributed by atoms with E-state index in [0.717, 1.165) is 34.5 Å². The zero-order chi connectivity index (χ0) is 17.5. The maximum atomic E-state index is 5.74. The number of rotatable bonds is 6. The van der Waals surface area contributed by atoms with E-state index in [1.54, 1.807) is 18.4 Å². The molecule has 5 nitrogen and oxygen atoms in total. The molecule has 0 amide bonds. The lowest BCUT2D eigenvalue weighted by molar-refractivity contribution is 0.242. The third-order valence-electron chi connectivity index (χ3n) is 3.36. The van der Waals surface area contributed by atoms with Crippen LogP contribution in [-0.4, -0.2) is 36.0 Å². The zero-order valence-electron chi connectivity index (χ0n) is 15.0. The first-order valence-electron chi connectivity index (χ1n) is 8.06. The summed E-state index contributed by atoms with van der Waals surface area (Å²) in [5.41, 5.74) is 2.22. The standard InChI is InChI=1S/C18H26N4OS/c1-13(2)23-17-8-6-7-15(9-17)10-20-18(19-4)22(5)11-16-12-24-14(3)21-16/h6-9,12-13H,10-11H2,1-5H3,(H,19,20). The minimum atomic E-state index is 0.175. The molecule has 0 radical (unpaired) electrons. The van der Waals surface area contributed by atoms with Crippen LogP contribution in [0.1, 0.15) is 30.1 Å². The van der Waals surface area contributed by atoms with Crippen LogP contribution in [0.25, 0.3) is 0 Å². The molecule has 6 heteroatoms. The topological polar surface area (TPSA) is 49.8 Å². The molecule has 0 atom stereocenters. The summed E-state index contributed by atoms with van der Waals surface area (Å²) in [5.74, 6) is 1.74. The van der Waals surface area contributed by atoms with Gasteiger partial charge >= 0.3 is 0 Å². The molecule has 0 saturated heterocycles. The highest BCUT2D eigenvalue weighted by Gasteiger charge is 2.09. The molecule has 0 spiro atoms. The van der Waals surface area contributed by atoms with Crippen LogP contribution in [0, 0.1) is 6.92 Å². The number of benzene rings is 1. The van der Waals surface area contributed by atoms with Crippen molar-refractivity contribution >= 4 is 17.3 Å². The number of guanidine groups is 1. The average molecular weight is 347 g/mol. The number of nitrogens with zero attached hydrogens (tertiary/aromatic N) is 3. The number of thiazole rings is 1. The summed E-state index contributed by atoms with van der Waals surface area (Å²) >= 11 is 1.67. The number of aliphatic imine (C=N–C) groups is 1. The van der Waals surface area contributed by atoms with E-state index in [2.05, 4.69) is 37.7 Å². The normalized spacial score (nSPS) is 11.7. The Hall–Kier alpha value is -2.08. The Bertz CT molecular complexity index is 681. The molecule has 24 heavy (non-hydrogen) atoms. The van der Waals surface area contributed by atoms with Crippen LogP contribution >= 0.6 is 11.3 Å². The number of aryl methyl sites for hydroxylation is 1. The summed E-state index contributed by atoms with van der Waals surface area (Å²) < 4.78 is 5.74. The zero-order valence-corrected chi connectivity index (χ0v) is 15.9. The molecule has 0 bridgehead atoms. The van der Waals surface area contributed by atoms with Gasteiger partial charge in [-0.15, -0.1) is 11.3 Å². The second-order valence-electron chi connectivity index (χ2n) is 5.93. The van der Waals surface area contributed by atoms with Gasteiger partial charge in [-0.05, 0) is 38.5 Å². The number of aromatic nitrogens is 1. The molecule has 0 aliphatic heterocycles. The summed E-state index contributed by atoms with van der Waals surface area (Å²) in [6, 6.07) is 8.13. The highest BCUT2D eigenvalue weighted by molar-refractivity contribution is 7.09. The van der Waals surface area contributed by atoms with E-state index < -0.39 is 0 Å². The monoisotopic (exact) mass is 346 g/mol. The molecular weight excluding hydrogens is 320 g/mol. The summed E-state index contributed by atoms with van der Waals surface area (Å²) in [6.45, 7) is 7.51. The van der Waals surface area contributed by atoms with E-state index in [1.165, 1.54) is 0 Å². The van der Waals surface area contributed by atoms with Crippen LogP contribution in [0.2, 0.25) is 0 Å². The Morgan fingerprint density at radius 1 is 1.42 bits per heavy atom. The lowest BCUT2D eigenvalue weighted by Crippen LogP contribution is -2.38. The number of hydrogen-bond acceptors (Lipinski definition) is 4. The molecule has 0 aliphatic rings. The maximum Gasteiger partial charge on any atom is 0.194 e. The smallest absolute Gasteiger partial charge is 0.194 e. The maximum absolute atomic E-state index is 5.74. The van der Waals surface area contributed by atoms with Crippen molar-refractivity contribution in [2.75, 3.05) is 14.1 Å². The van der Waals surface area contributed by atoms with Gasteiger partial charge in [0.1, 0.15) is 5.75 Å². The van der Waals surface area contributed by atoms with Gasteiger partial charge in [-0.1, -0.05) is 12.1 Å². The summed E-state index contributed by atoms with van der Waals surface area (Å²) in [4.78, 5) is 10.9. The van der Waals surface area contributed by atoms with Gasteiger partial charge in [0.15, 0.2) is 5.96 Å². The number of hydrogen-bond donors (Lipinski definition) is 1. The van der Waals surface area contributed by atoms with Gasteiger partial charge in [0, 0.05) is 26.0 Å². The van der Waals surface area contributed by atoms with Crippen molar-refractivity contribution < 1.29 is 4.74 Å². The predicted molar refractivity (Wildman–Crippen MR) is 101 cm³/mol. The fraction of sp³-hybridized carbons (Fsp3) is 0.444. The summed E-state index contributed by atoms with van der Waals surface area (Å²) in [6.07, 6.45) is 0.175. The average Bonchev–Trinajstić information content (AvgIpc) is 2.92. The Balaban J connectivity index is 1.93. The molecule has 1 N–H and O–H groups in total. The van der Waals surface area contributed by atoms with Crippen molar-refractivity contribution in [3.63, 3.8) is 0 Å². The fourth-order valence-electron chi connectivity index (χ4n) is 2.37. The first-order chi connectivity index (χ1) is 11.5. The molecule has 1 aromatic carbocycles. The Kier molecular flexibility index (Phi) is 6.61. The second kappa shape index (κ2) is 8.68. The minimum absolute atomic E-state index is 0.175. The van der Waals surface area contributed by atoms with E-state index in [4.69, 9.17) is 4.74 Å². The molecule has 0 aliphatic carbocycles. The van der Waals surface area contributed by atoms with Crippen molar-refractivity contribution in [1.82, 2.24) is 15.2 Å². The highest BCUT2D eigenvalue weighted by atomic mass is 32.1. The molecule has 0 fully saturated rings. The van der Waals surface area contributed by atoms with Crippen LogP contribution in [0.15, 0.2) is 34.6 Å². The van der Waals surface area contributed by atoms with E-state index in [-0.39, 0.29) is 6.10 Å². The fourth-order valence-corrected chi connectivity index (χ4v) is 2.97. The van der Waals surface area contributed by atoms with Gasteiger partial charge in [-0.2, -0.15) is 0 Å². The Morgan fingerprint density at radius 2 is 2.21 bits per heavy atom. The summed E-state index contributed by atoms with van der Waals surface area (Å²) in [7, 11) is 3.81. The van der Waals surface area contributed by atoms with Gasteiger partial charge in [-0.25, -0.2) is 4.98 Å². The Labute approximate surface area is 148 Å². The second-order valence-corrected chi connectivity index (χ2v) is 6.99. The van der Waals surface area contributed by atoms with E-state index in [1.807, 2.05) is 40.0 Å². The quantitative estimate of drug-likeness (QED) is 0.643. The lowest BCUT2D eigenvalue weighted by atomic mass is 10.2. The first-order valence-corrected chi connectivity index (χ1v) is 8.94. The van der Waals surface area contributed by atoms with Gasteiger partial charge in [0.05, 0.1) is 23.4 Å². The van der Waals surface area contributed by atoms with Gasteiger partial charge in [-0.3, -0.25) is 4.99 Å². The SMILES string of the molecule is CN=C(NCc1cccc(OC(C)C)c1)N(C)Cc1csc(C)n1. The molecular formula is C18H26N4OS. The van der Waals surface area contributed by atoms with Crippen LogP contribution in [0.4, 0.5) is 0 Å². The van der Waals surface area contributed by atoms with Crippen molar-refractivity contribution in [3.8, 4) is 5.75 Å². The van der Waals surface area contributed by atoms with E-state index in [9.17, 15) is 0 Å². The molecule has 1 heterocycles.